The first-order chi connectivity index (χ1) is 12.0. The number of hydrogen-bond donors (Lipinski definition) is 1. The minimum absolute atomic E-state index is 0.285. The van der Waals surface area contributed by atoms with Gasteiger partial charge in [0, 0.05) is 18.7 Å². The molecule has 25 heavy (non-hydrogen) atoms. The van der Waals surface area contributed by atoms with Crippen LogP contribution < -0.4 is 5.32 Å². The molecule has 7 heteroatoms. The van der Waals surface area contributed by atoms with Gasteiger partial charge in [-0.05, 0) is 30.9 Å². The minimum Gasteiger partial charge on any atom is -0.448 e. The highest BCUT2D eigenvalue weighted by Gasteiger charge is 2.32. The van der Waals surface area contributed by atoms with Crippen LogP contribution in [-0.2, 0) is 9.53 Å². The van der Waals surface area contributed by atoms with Crippen molar-refractivity contribution in [3.05, 3.63) is 46.2 Å². The molecule has 6 nitrogen and oxygen atoms in total. The second kappa shape index (κ2) is 7.06. The van der Waals surface area contributed by atoms with Gasteiger partial charge in [0.15, 0.2) is 6.10 Å². The fourth-order valence-corrected chi connectivity index (χ4v) is 3.39. The largest absolute Gasteiger partial charge is 0.448 e. The average molecular weight is 358 g/mol. The summed E-state index contributed by atoms with van der Waals surface area (Å²) in [4.78, 5) is 37.8. The molecule has 0 radical (unpaired) electrons. The van der Waals surface area contributed by atoms with Crippen molar-refractivity contribution < 1.29 is 19.1 Å². The Morgan fingerprint density at radius 2 is 1.96 bits per heavy atom. The number of amides is 3. The molecule has 0 saturated carbocycles. The van der Waals surface area contributed by atoms with Gasteiger partial charge < -0.3 is 10.1 Å². The lowest BCUT2D eigenvalue weighted by molar-refractivity contribution is -0.135. The SMILES string of the molecule is Cc1ccc(-c2ccsc2C(=O)O[C@H](C)C(=O)N2CCNC2=O)cc1. The Balaban J connectivity index is 1.74. The van der Waals surface area contributed by atoms with Crippen molar-refractivity contribution in [3.8, 4) is 11.1 Å². The maximum absolute atomic E-state index is 12.5. The molecule has 3 amide bonds. The monoisotopic (exact) mass is 358 g/mol. The van der Waals surface area contributed by atoms with E-state index in [9.17, 15) is 14.4 Å². The topological polar surface area (TPSA) is 75.7 Å². The van der Waals surface area contributed by atoms with Crippen molar-refractivity contribution in [2.24, 2.45) is 0 Å². The molecule has 1 aliphatic rings. The summed E-state index contributed by atoms with van der Waals surface area (Å²) < 4.78 is 5.30. The summed E-state index contributed by atoms with van der Waals surface area (Å²) in [5.41, 5.74) is 2.82. The van der Waals surface area contributed by atoms with E-state index in [2.05, 4.69) is 5.32 Å². The number of urea groups is 1. The molecule has 2 heterocycles. The second-order valence-corrected chi connectivity index (χ2v) is 6.71. The normalized spacial score (nSPS) is 15.0. The molecule has 0 spiro atoms. The van der Waals surface area contributed by atoms with E-state index < -0.39 is 24.0 Å². The Bertz CT molecular complexity index is 813. The lowest BCUT2D eigenvalue weighted by atomic mass is 10.1. The zero-order valence-corrected chi connectivity index (χ0v) is 14.8. The zero-order chi connectivity index (χ0) is 18.0. The highest BCUT2D eigenvalue weighted by molar-refractivity contribution is 7.12. The van der Waals surface area contributed by atoms with Crippen LogP contribution in [0.2, 0.25) is 0 Å². The predicted molar refractivity (Wildman–Crippen MR) is 94.5 cm³/mol. The Labute approximate surface area is 149 Å². The molecule has 1 atom stereocenters. The standard InChI is InChI=1S/C18H18N2O4S/c1-11-3-5-13(6-4-11)14-7-10-25-15(14)17(22)24-12(2)16(21)20-9-8-19-18(20)23/h3-7,10,12H,8-9H2,1-2H3,(H,19,23)/t12-/m1/s1. The van der Waals surface area contributed by atoms with Gasteiger partial charge in [-0.3, -0.25) is 9.69 Å². The summed E-state index contributed by atoms with van der Waals surface area (Å²) in [5.74, 6) is -1.08. The molecule has 130 valence electrons. The quantitative estimate of drug-likeness (QED) is 0.853. The van der Waals surface area contributed by atoms with Crippen LogP contribution in [0.3, 0.4) is 0 Å². The number of ether oxygens (including phenoxy) is 1. The maximum Gasteiger partial charge on any atom is 0.349 e. The van der Waals surface area contributed by atoms with E-state index in [0.717, 1.165) is 21.6 Å². The van der Waals surface area contributed by atoms with Crippen molar-refractivity contribution in [3.63, 3.8) is 0 Å². The Hall–Kier alpha value is -2.67. The number of carbonyl (C=O) groups excluding carboxylic acids is 3. The van der Waals surface area contributed by atoms with Gasteiger partial charge in [0.2, 0.25) is 0 Å². The van der Waals surface area contributed by atoms with Crippen LogP contribution >= 0.6 is 11.3 Å². The smallest absolute Gasteiger partial charge is 0.349 e. The number of esters is 1. The third-order valence-electron chi connectivity index (χ3n) is 3.97. The van der Waals surface area contributed by atoms with E-state index in [1.165, 1.54) is 18.3 Å². The van der Waals surface area contributed by atoms with E-state index in [-0.39, 0.29) is 6.54 Å². The van der Waals surface area contributed by atoms with Crippen molar-refractivity contribution in [1.29, 1.82) is 0 Å². The summed E-state index contributed by atoms with van der Waals surface area (Å²) in [6, 6.07) is 9.23. The van der Waals surface area contributed by atoms with Crippen molar-refractivity contribution >= 4 is 29.2 Å². The van der Waals surface area contributed by atoms with Crippen molar-refractivity contribution in [2.45, 2.75) is 20.0 Å². The van der Waals surface area contributed by atoms with Crippen LogP contribution in [-0.4, -0.2) is 42.0 Å². The van der Waals surface area contributed by atoms with Gasteiger partial charge in [-0.2, -0.15) is 0 Å². The van der Waals surface area contributed by atoms with Crippen LogP contribution in [0.5, 0.6) is 0 Å². The molecule has 1 aromatic heterocycles. The van der Waals surface area contributed by atoms with E-state index in [0.29, 0.717) is 11.4 Å². The highest BCUT2D eigenvalue weighted by Crippen LogP contribution is 2.29. The molecule has 1 aromatic carbocycles. The number of nitrogens with one attached hydrogen (secondary N) is 1. The highest BCUT2D eigenvalue weighted by atomic mass is 32.1. The Morgan fingerprint density at radius 3 is 2.60 bits per heavy atom. The number of carbonyl (C=O) groups is 3. The number of imide groups is 1. The fourth-order valence-electron chi connectivity index (χ4n) is 2.59. The number of rotatable bonds is 4. The van der Waals surface area contributed by atoms with Crippen molar-refractivity contribution in [2.75, 3.05) is 13.1 Å². The molecule has 0 bridgehead atoms. The van der Waals surface area contributed by atoms with Gasteiger partial charge in [0.1, 0.15) is 4.88 Å². The molecule has 1 fully saturated rings. The lowest BCUT2D eigenvalue weighted by Gasteiger charge is -2.18. The molecule has 1 aliphatic heterocycles. The van der Waals surface area contributed by atoms with Gasteiger partial charge >= 0.3 is 12.0 Å². The summed E-state index contributed by atoms with van der Waals surface area (Å²) in [6.07, 6.45) is -1.02. The minimum atomic E-state index is -1.02. The number of nitrogens with zero attached hydrogens (tertiary/aromatic N) is 1. The molecule has 3 rings (SSSR count). The third kappa shape index (κ3) is 3.56. The van der Waals surface area contributed by atoms with Crippen molar-refractivity contribution in [1.82, 2.24) is 10.2 Å². The fraction of sp³-hybridized carbons (Fsp3) is 0.278. The lowest BCUT2D eigenvalue weighted by Crippen LogP contribution is -2.41. The van der Waals surface area contributed by atoms with Gasteiger partial charge in [-0.1, -0.05) is 29.8 Å². The van der Waals surface area contributed by atoms with Gasteiger partial charge in [0.25, 0.3) is 5.91 Å². The third-order valence-corrected chi connectivity index (χ3v) is 4.86. The summed E-state index contributed by atoms with van der Waals surface area (Å²) >= 11 is 1.26. The average Bonchev–Trinajstić information content (AvgIpc) is 3.23. The summed E-state index contributed by atoms with van der Waals surface area (Å²) in [5, 5.41) is 4.36. The Kier molecular flexibility index (Phi) is 4.85. The Morgan fingerprint density at radius 1 is 1.24 bits per heavy atom. The van der Waals surface area contributed by atoms with Crippen LogP contribution in [0.15, 0.2) is 35.7 Å². The maximum atomic E-state index is 12.5. The second-order valence-electron chi connectivity index (χ2n) is 5.80. The summed E-state index contributed by atoms with van der Waals surface area (Å²) in [6.45, 7) is 4.17. The molecular formula is C18H18N2O4S. The first-order valence-electron chi connectivity index (χ1n) is 7.92. The zero-order valence-electron chi connectivity index (χ0n) is 13.9. The van der Waals surface area contributed by atoms with E-state index in [1.807, 2.05) is 42.6 Å². The van der Waals surface area contributed by atoms with Gasteiger partial charge in [-0.15, -0.1) is 11.3 Å². The van der Waals surface area contributed by atoms with Gasteiger partial charge in [-0.25, -0.2) is 9.59 Å². The van der Waals surface area contributed by atoms with E-state index >= 15 is 0 Å². The first kappa shape index (κ1) is 17.2. The number of benzene rings is 1. The molecular weight excluding hydrogens is 340 g/mol. The molecule has 1 saturated heterocycles. The number of thiophene rings is 1. The molecule has 2 aromatic rings. The number of aryl methyl sites for hydroxylation is 1. The molecule has 1 N–H and O–H groups in total. The van der Waals surface area contributed by atoms with Crippen LogP contribution in [0, 0.1) is 6.92 Å². The van der Waals surface area contributed by atoms with Crippen LogP contribution in [0.25, 0.3) is 11.1 Å². The molecule has 0 unspecified atom stereocenters. The van der Waals surface area contributed by atoms with E-state index in [1.54, 1.807) is 0 Å². The van der Waals surface area contributed by atoms with Crippen LogP contribution in [0.1, 0.15) is 22.2 Å². The van der Waals surface area contributed by atoms with E-state index in [4.69, 9.17) is 4.74 Å². The first-order valence-corrected chi connectivity index (χ1v) is 8.80. The molecule has 0 aliphatic carbocycles. The number of hydrogen-bond acceptors (Lipinski definition) is 5. The van der Waals surface area contributed by atoms with Crippen LogP contribution in [0.4, 0.5) is 4.79 Å². The van der Waals surface area contributed by atoms with Gasteiger partial charge in [0.05, 0.1) is 0 Å². The summed E-state index contributed by atoms with van der Waals surface area (Å²) in [7, 11) is 0. The predicted octanol–water partition coefficient (Wildman–Crippen LogP) is 2.82.